The topological polar surface area (TPSA) is 37.8 Å². The van der Waals surface area contributed by atoms with Crippen LogP contribution >= 0.6 is 11.3 Å². The lowest BCUT2D eigenvalue weighted by Crippen LogP contribution is -2.19. The van der Waals surface area contributed by atoms with Crippen LogP contribution in [0, 0.1) is 0 Å². The van der Waals surface area contributed by atoms with E-state index in [9.17, 15) is 0 Å². The Balaban J connectivity index is 1.39. The quantitative estimate of drug-likeness (QED) is 0.922. The molecule has 0 amide bonds. The Morgan fingerprint density at radius 1 is 1.10 bits per heavy atom. The minimum Gasteiger partial charge on any atom is -0.314 e. The van der Waals surface area contributed by atoms with Gasteiger partial charge < -0.3 is 5.32 Å². The van der Waals surface area contributed by atoms with E-state index in [0.29, 0.717) is 5.92 Å². The Morgan fingerprint density at radius 2 is 1.95 bits per heavy atom. The molecule has 0 saturated heterocycles. The van der Waals surface area contributed by atoms with Crippen LogP contribution in [0.5, 0.6) is 0 Å². The van der Waals surface area contributed by atoms with Gasteiger partial charge in [-0.3, -0.25) is 0 Å². The van der Waals surface area contributed by atoms with Crippen LogP contribution in [0.15, 0.2) is 24.3 Å². The van der Waals surface area contributed by atoms with Crippen molar-refractivity contribution in [3.8, 4) is 0 Å². The Hall–Kier alpha value is -1.26. The van der Waals surface area contributed by atoms with Crippen LogP contribution in [-0.4, -0.2) is 22.8 Å². The molecule has 1 atom stereocenters. The number of rotatable bonds is 5. The SMILES string of the molecule is c1ccc2c(c1)CCC(c1nnc(CCNC3CC3)s1)C2. The maximum absolute atomic E-state index is 4.47. The highest BCUT2D eigenvalue weighted by molar-refractivity contribution is 7.11. The molecule has 2 aliphatic carbocycles. The van der Waals surface area contributed by atoms with Crippen molar-refractivity contribution in [2.75, 3.05) is 6.54 Å². The predicted octanol–water partition coefficient (Wildman–Crippen LogP) is 3.11. The third kappa shape index (κ3) is 3.16. The zero-order valence-electron chi connectivity index (χ0n) is 12.2. The average molecular weight is 299 g/mol. The van der Waals surface area contributed by atoms with Crippen LogP contribution in [0.3, 0.4) is 0 Å². The fourth-order valence-corrected chi connectivity index (χ4v) is 4.09. The van der Waals surface area contributed by atoms with Gasteiger partial charge in [0.05, 0.1) is 0 Å². The number of hydrogen-bond acceptors (Lipinski definition) is 4. The van der Waals surface area contributed by atoms with Gasteiger partial charge in [0.2, 0.25) is 0 Å². The van der Waals surface area contributed by atoms with Crippen molar-refractivity contribution in [3.05, 3.63) is 45.4 Å². The molecule has 0 spiro atoms. The number of benzene rings is 1. The highest BCUT2D eigenvalue weighted by Gasteiger charge is 2.23. The van der Waals surface area contributed by atoms with Crippen molar-refractivity contribution in [2.24, 2.45) is 0 Å². The Morgan fingerprint density at radius 3 is 2.81 bits per heavy atom. The average Bonchev–Trinajstić information content (AvgIpc) is 3.23. The fourth-order valence-electron chi connectivity index (χ4n) is 3.11. The van der Waals surface area contributed by atoms with E-state index >= 15 is 0 Å². The van der Waals surface area contributed by atoms with Gasteiger partial charge >= 0.3 is 0 Å². The summed E-state index contributed by atoms with van der Waals surface area (Å²) in [6.45, 7) is 1.05. The van der Waals surface area contributed by atoms with Gasteiger partial charge in [-0.2, -0.15) is 0 Å². The first-order valence-electron chi connectivity index (χ1n) is 8.01. The summed E-state index contributed by atoms with van der Waals surface area (Å²) in [5, 5.41) is 14.8. The van der Waals surface area contributed by atoms with Gasteiger partial charge in [-0.25, -0.2) is 0 Å². The van der Waals surface area contributed by atoms with E-state index in [1.54, 1.807) is 0 Å². The minimum absolute atomic E-state index is 0.572. The molecule has 1 unspecified atom stereocenters. The molecule has 2 aliphatic rings. The van der Waals surface area contributed by atoms with Crippen molar-refractivity contribution in [3.63, 3.8) is 0 Å². The van der Waals surface area contributed by atoms with E-state index in [1.807, 2.05) is 11.3 Å². The van der Waals surface area contributed by atoms with Crippen LogP contribution in [0.25, 0.3) is 0 Å². The Labute approximate surface area is 129 Å². The third-order valence-electron chi connectivity index (χ3n) is 4.53. The number of nitrogens with one attached hydrogen (secondary N) is 1. The van der Waals surface area contributed by atoms with Gasteiger partial charge in [-0.05, 0) is 43.2 Å². The standard InChI is InChI=1S/C17H21N3S/c1-2-4-13-11-14(6-5-12(13)3-1)17-20-19-16(21-17)9-10-18-15-7-8-15/h1-4,14-15,18H,5-11H2. The second kappa shape index (κ2) is 5.85. The summed E-state index contributed by atoms with van der Waals surface area (Å²) in [7, 11) is 0. The van der Waals surface area contributed by atoms with Gasteiger partial charge in [0.1, 0.15) is 10.0 Å². The molecule has 1 saturated carbocycles. The normalized spacial score (nSPS) is 21.2. The summed E-state index contributed by atoms with van der Waals surface area (Å²) >= 11 is 1.82. The molecule has 1 N–H and O–H groups in total. The maximum Gasteiger partial charge on any atom is 0.120 e. The maximum atomic E-state index is 4.47. The summed E-state index contributed by atoms with van der Waals surface area (Å²) in [6.07, 6.45) is 7.25. The van der Waals surface area contributed by atoms with Crippen LogP contribution in [0.2, 0.25) is 0 Å². The third-order valence-corrected chi connectivity index (χ3v) is 5.67. The molecule has 21 heavy (non-hydrogen) atoms. The number of hydrogen-bond donors (Lipinski definition) is 1. The van der Waals surface area contributed by atoms with Crippen molar-refractivity contribution in [2.45, 2.75) is 50.5 Å². The smallest absolute Gasteiger partial charge is 0.120 e. The second-order valence-corrected chi connectivity index (χ2v) is 7.31. The number of nitrogens with zero attached hydrogens (tertiary/aromatic N) is 2. The van der Waals surface area contributed by atoms with Gasteiger partial charge in [-0.1, -0.05) is 24.3 Å². The molecule has 4 rings (SSSR count). The molecule has 2 aromatic rings. The second-order valence-electron chi connectivity index (χ2n) is 6.22. The summed E-state index contributed by atoms with van der Waals surface area (Å²) in [6, 6.07) is 9.61. The molecule has 1 aromatic carbocycles. The van der Waals surface area contributed by atoms with Crippen molar-refractivity contribution in [1.29, 1.82) is 0 Å². The molecule has 0 radical (unpaired) electrons. The lowest BCUT2D eigenvalue weighted by atomic mass is 9.84. The molecular formula is C17H21N3S. The first-order valence-corrected chi connectivity index (χ1v) is 8.82. The minimum atomic E-state index is 0.572. The molecule has 110 valence electrons. The van der Waals surface area contributed by atoms with Gasteiger partial charge in [0, 0.05) is 24.9 Å². The molecular weight excluding hydrogens is 278 g/mol. The Bertz CT molecular complexity index is 618. The van der Waals surface area contributed by atoms with Crippen molar-refractivity contribution >= 4 is 11.3 Å². The van der Waals surface area contributed by atoms with E-state index in [1.165, 1.54) is 46.8 Å². The predicted molar refractivity (Wildman–Crippen MR) is 85.8 cm³/mol. The van der Waals surface area contributed by atoms with Crippen molar-refractivity contribution in [1.82, 2.24) is 15.5 Å². The number of fused-ring (bicyclic) bond motifs is 1. The molecule has 1 heterocycles. The summed E-state index contributed by atoms with van der Waals surface area (Å²) in [5.74, 6) is 0.572. The van der Waals surface area contributed by atoms with E-state index in [-0.39, 0.29) is 0 Å². The van der Waals surface area contributed by atoms with E-state index in [0.717, 1.165) is 25.4 Å². The van der Waals surface area contributed by atoms with Gasteiger partial charge in [0.15, 0.2) is 0 Å². The molecule has 4 heteroatoms. The van der Waals surface area contributed by atoms with Crippen LogP contribution in [0.4, 0.5) is 0 Å². The largest absolute Gasteiger partial charge is 0.314 e. The highest BCUT2D eigenvalue weighted by atomic mass is 32.1. The summed E-state index contributed by atoms with van der Waals surface area (Å²) < 4.78 is 0. The van der Waals surface area contributed by atoms with E-state index in [4.69, 9.17) is 0 Å². The summed E-state index contributed by atoms with van der Waals surface area (Å²) in [4.78, 5) is 0. The molecule has 0 bridgehead atoms. The molecule has 0 aliphatic heterocycles. The van der Waals surface area contributed by atoms with E-state index in [2.05, 4.69) is 39.8 Å². The first kappa shape index (κ1) is 13.4. The lowest BCUT2D eigenvalue weighted by Gasteiger charge is -2.22. The molecule has 1 fully saturated rings. The van der Waals surface area contributed by atoms with Crippen molar-refractivity contribution < 1.29 is 0 Å². The molecule has 1 aromatic heterocycles. The fraction of sp³-hybridized carbons (Fsp3) is 0.529. The zero-order chi connectivity index (χ0) is 14.1. The first-order chi connectivity index (χ1) is 10.4. The van der Waals surface area contributed by atoms with Gasteiger partial charge in [-0.15, -0.1) is 21.5 Å². The summed E-state index contributed by atoms with van der Waals surface area (Å²) in [5.41, 5.74) is 3.02. The number of aromatic nitrogens is 2. The van der Waals surface area contributed by atoms with Crippen LogP contribution in [-0.2, 0) is 19.3 Å². The van der Waals surface area contributed by atoms with Crippen LogP contribution < -0.4 is 5.32 Å². The number of aryl methyl sites for hydroxylation is 1. The van der Waals surface area contributed by atoms with Gasteiger partial charge in [0.25, 0.3) is 0 Å². The Kier molecular flexibility index (Phi) is 3.74. The monoisotopic (exact) mass is 299 g/mol. The van der Waals surface area contributed by atoms with Crippen LogP contribution in [0.1, 0.15) is 46.3 Å². The molecule has 3 nitrogen and oxygen atoms in total. The van der Waals surface area contributed by atoms with E-state index < -0.39 is 0 Å². The highest BCUT2D eigenvalue weighted by Crippen LogP contribution is 2.33. The lowest BCUT2D eigenvalue weighted by molar-refractivity contribution is 0.576. The zero-order valence-corrected chi connectivity index (χ0v) is 13.0.